The van der Waals surface area contributed by atoms with Crippen molar-refractivity contribution in [1.82, 2.24) is 5.32 Å². The van der Waals surface area contributed by atoms with Gasteiger partial charge in [0.15, 0.2) is 0 Å². The third-order valence-corrected chi connectivity index (χ3v) is 3.03. The lowest BCUT2D eigenvalue weighted by Gasteiger charge is -2.12. The molecule has 1 atom stereocenters. The summed E-state index contributed by atoms with van der Waals surface area (Å²) in [5.41, 5.74) is 0. The lowest BCUT2D eigenvalue weighted by Crippen LogP contribution is -2.31. The molecule has 108 valence electrons. The summed E-state index contributed by atoms with van der Waals surface area (Å²) in [5, 5.41) is 12.8. The Morgan fingerprint density at radius 2 is 2.00 bits per heavy atom. The highest BCUT2D eigenvalue weighted by Gasteiger charge is 2.20. The van der Waals surface area contributed by atoms with Gasteiger partial charge in [-0.05, 0) is 38.1 Å². The average Bonchev–Trinajstić information content (AvgIpc) is 3.17. The van der Waals surface area contributed by atoms with Gasteiger partial charge in [-0.25, -0.2) is 0 Å². The molecule has 0 aromatic rings. The van der Waals surface area contributed by atoms with Gasteiger partial charge in [0.25, 0.3) is 0 Å². The Morgan fingerprint density at radius 1 is 1.22 bits per heavy atom. The van der Waals surface area contributed by atoms with Crippen molar-refractivity contribution in [1.29, 1.82) is 0 Å². The molecule has 2 N–H and O–H groups in total. The van der Waals surface area contributed by atoms with Crippen LogP contribution >= 0.6 is 0 Å². The SMILES string of the molecule is CCCCOCC(O)CNCCCOCC1CC1. The summed E-state index contributed by atoms with van der Waals surface area (Å²) >= 11 is 0. The van der Waals surface area contributed by atoms with Crippen LogP contribution in [0.1, 0.15) is 39.0 Å². The van der Waals surface area contributed by atoms with Crippen molar-refractivity contribution < 1.29 is 14.6 Å². The summed E-state index contributed by atoms with van der Waals surface area (Å²) in [5.74, 6) is 0.847. The largest absolute Gasteiger partial charge is 0.389 e. The lowest BCUT2D eigenvalue weighted by atomic mass is 10.3. The average molecular weight is 259 g/mol. The normalized spacial score (nSPS) is 17.0. The van der Waals surface area contributed by atoms with Crippen molar-refractivity contribution in [3.63, 3.8) is 0 Å². The molecule has 1 aliphatic rings. The van der Waals surface area contributed by atoms with Crippen LogP contribution in [0.5, 0.6) is 0 Å². The number of unbranched alkanes of at least 4 members (excludes halogenated alkanes) is 1. The molecule has 4 heteroatoms. The van der Waals surface area contributed by atoms with Crippen LogP contribution in [0, 0.1) is 5.92 Å². The first-order chi connectivity index (χ1) is 8.83. The Morgan fingerprint density at radius 3 is 2.72 bits per heavy atom. The fourth-order valence-electron chi connectivity index (χ4n) is 1.63. The first-order valence-electron chi connectivity index (χ1n) is 7.37. The number of nitrogens with one attached hydrogen (secondary N) is 1. The summed E-state index contributed by atoms with van der Waals surface area (Å²) in [6.07, 6.45) is 5.52. The van der Waals surface area contributed by atoms with Crippen LogP contribution in [-0.4, -0.2) is 50.7 Å². The van der Waals surface area contributed by atoms with E-state index >= 15 is 0 Å². The zero-order chi connectivity index (χ0) is 13.1. The third-order valence-electron chi connectivity index (χ3n) is 3.03. The third kappa shape index (κ3) is 9.83. The maximum absolute atomic E-state index is 9.61. The van der Waals surface area contributed by atoms with Gasteiger partial charge in [0.1, 0.15) is 0 Å². The van der Waals surface area contributed by atoms with Gasteiger partial charge in [0, 0.05) is 26.4 Å². The highest BCUT2D eigenvalue weighted by atomic mass is 16.5. The smallest absolute Gasteiger partial charge is 0.0897 e. The maximum Gasteiger partial charge on any atom is 0.0897 e. The fraction of sp³-hybridized carbons (Fsp3) is 1.00. The van der Waals surface area contributed by atoms with Crippen molar-refractivity contribution in [2.45, 2.75) is 45.1 Å². The molecule has 0 aliphatic heterocycles. The Labute approximate surface area is 111 Å². The van der Waals surface area contributed by atoms with E-state index in [-0.39, 0.29) is 0 Å². The van der Waals surface area contributed by atoms with Crippen molar-refractivity contribution in [3.05, 3.63) is 0 Å². The van der Waals surface area contributed by atoms with E-state index in [1.54, 1.807) is 0 Å². The van der Waals surface area contributed by atoms with Crippen LogP contribution in [0.25, 0.3) is 0 Å². The molecular weight excluding hydrogens is 230 g/mol. The Balaban J connectivity index is 1.72. The van der Waals surface area contributed by atoms with E-state index in [0.29, 0.717) is 13.2 Å². The lowest BCUT2D eigenvalue weighted by molar-refractivity contribution is 0.0356. The van der Waals surface area contributed by atoms with Crippen LogP contribution in [0.3, 0.4) is 0 Å². The number of ether oxygens (including phenoxy) is 2. The second kappa shape index (κ2) is 10.7. The van der Waals surface area contributed by atoms with Gasteiger partial charge in [-0.3, -0.25) is 0 Å². The summed E-state index contributed by atoms with van der Waals surface area (Å²) in [4.78, 5) is 0. The van der Waals surface area contributed by atoms with Crippen molar-refractivity contribution in [3.8, 4) is 0 Å². The molecule has 0 amide bonds. The van der Waals surface area contributed by atoms with Gasteiger partial charge in [-0.15, -0.1) is 0 Å². The molecule has 4 nitrogen and oxygen atoms in total. The van der Waals surface area contributed by atoms with E-state index in [4.69, 9.17) is 9.47 Å². The van der Waals surface area contributed by atoms with Crippen LogP contribution in [0.4, 0.5) is 0 Å². The quantitative estimate of drug-likeness (QED) is 0.493. The highest BCUT2D eigenvalue weighted by Crippen LogP contribution is 2.28. The highest BCUT2D eigenvalue weighted by molar-refractivity contribution is 4.71. The second-order valence-corrected chi connectivity index (χ2v) is 5.16. The minimum absolute atomic E-state index is 0.394. The molecule has 0 bridgehead atoms. The number of rotatable bonds is 13. The van der Waals surface area contributed by atoms with Crippen LogP contribution < -0.4 is 5.32 Å². The molecule has 1 aliphatic carbocycles. The second-order valence-electron chi connectivity index (χ2n) is 5.16. The van der Waals surface area contributed by atoms with Gasteiger partial charge < -0.3 is 19.9 Å². The Bertz CT molecular complexity index is 186. The minimum atomic E-state index is -0.394. The summed E-state index contributed by atoms with van der Waals surface area (Å²) in [6, 6.07) is 0. The van der Waals surface area contributed by atoms with Crippen molar-refractivity contribution in [2.24, 2.45) is 5.92 Å². The zero-order valence-corrected chi connectivity index (χ0v) is 11.7. The van der Waals surface area contributed by atoms with E-state index in [1.807, 2.05) is 0 Å². The van der Waals surface area contributed by atoms with Crippen molar-refractivity contribution in [2.75, 3.05) is 39.5 Å². The standard InChI is InChI=1S/C14H29NO3/c1-2-3-8-18-12-14(16)10-15-7-4-9-17-11-13-5-6-13/h13-16H,2-12H2,1H3. The molecule has 0 saturated heterocycles. The molecule has 1 fully saturated rings. The first-order valence-corrected chi connectivity index (χ1v) is 7.37. The monoisotopic (exact) mass is 259 g/mol. The van der Waals surface area contributed by atoms with E-state index in [0.717, 1.165) is 51.5 Å². The number of hydrogen-bond acceptors (Lipinski definition) is 4. The van der Waals surface area contributed by atoms with E-state index in [1.165, 1.54) is 12.8 Å². The molecule has 0 aromatic carbocycles. The van der Waals surface area contributed by atoms with Crippen molar-refractivity contribution >= 4 is 0 Å². The Hall–Kier alpha value is -0.160. The summed E-state index contributed by atoms with van der Waals surface area (Å²) in [6.45, 7) is 6.59. The molecule has 0 heterocycles. The molecule has 1 saturated carbocycles. The molecule has 0 radical (unpaired) electrons. The van der Waals surface area contributed by atoms with Crippen LogP contribution in [0.2, 0.25) is 0 Å². The molecule has 18 heavy (non-hydrogen) atoms. The molecule has 1 rings (SSSR count). The number of hydrogen-bond donors (Lipinski definition) is 2. The van der Waals surface area contributed by atoms with Crippen LogP contribution in [0.15, 0.2) is 0 Å². The predicted octanol–water partition coefficient (Wildman–Crippen LogP) is 1.57. The van der Waals surface area contributed by atoms with E-state index < -0.39 is 6.10 Å². The molecular formula is C14H29NO3. The molecule has 0 spiro atoms. The van der Waals surface area contributed by atoms with Gasteiger partial charge in [0.2, 0.25) is 0 Å². The van der Waals surface area contributed by atoms with E-state index in [9.17, 15) is 5.11 Å². The van der Waals surface area contributed by atoms with Gasteiger partial charge in [-0.2, -0.15) is 0 Å². The molecule has 1 unspecified atom stereocenters. The van der Waals surface area contributed by atoms with E-state index in [2.05, 4.69) is 12.2 Å². The molecule has 0 aromatic heterocycles. The zero-order valence-electron chi connectivity index (χ0n) is 11.7. The Kier molecular flexibility index (Phi) is 9.48. The van der Waals surface area contributed by atoms with Gasteiger partial charge in [-0.1, -0.05) is 13.3 Å². The van der Waals surface area contributed by atoms with Gasteiger partial charge in [0.05, 0.1) is 12.7 Å². The number of aliphatic hydroxyl groups excluding tert-OH is 1. The fourth-order valence-corrected chi connectivity index (χ4v) is 1.63. The summed E-state index contributed by atoms with van der Waals surface area (Å²) in [7, 11) is 0. The maximum atomic E-state index is 9.61. The first kappa shape index (κ1) is 15.9. The minimum Gasteiger partial charge on any atom is -0.389 e. The summed E-state index contributed by atoms with van der Waals surface area (Å²) < 4.78 is 10.9. The predicted molar refractivity (Wildman–Crippen MR) is 72.8 cm³/mol. The van der Waals surface area contributed by atoms with Crippen LogP contribution in [-0.2, 0) is 9.47 Å². The topological polar surface area (TPSA) is 50.7 Å². The number of aliphatic hydroxyl groups is 1. The van der Waals surface area contributed by atoms with Gasteiger partial charge >= 0.3 is 0 Å².